The number of para-hydroxylation sites is 1. The Hall–Kier alpha value is -2.58. The molecule has 0 radical (unpaired) electrons. The fourth-order valence-corrected chi connectivity index (χ4v) is 2.30. The minimum absolute atomic E-state index is 0.236. The Morgan fingerprint density at radius 3 is 2.42 bits per heavy atom. The van der Waals surface area contributed by atoms with Gasteiger partial charge in [0.05, 0.1) is 28.3 Å². The molecular formula is C14H11Cl2N3O5. The van der Waals surface area contributed by atoms with Crippen LogP contribution in [0.2, 0.25) is 10.0 Å². The van der Waals surface area contributed by atoms with Crippen LogP contribution < -0.4 is 5.32 Å². The number of nitro groups is 1. The summed E-state index contributed by atoms with van der Waals surface area (Å²) in [6, 6.07) is 6.96. The van der Waals surface area contributed by atoms with Gasteiger partial charge in [-0.3, -0.25) is 19.7 Å². The molecule has 1 aromatic carbocycles. The predicted molar refractivity (Wildman–Crippen MR) is 87.4 cm³/mol. The van der Waals surface area contributed by atoms with E-state index in [-0.39, 0.29) is 28.0 Å². The lowest BCUT2D eigenvalue weighted by Gasteiger charge is -2.16. The first-order valence-electron chi connectivity index (χ1n) is 6.53. The van der Waals surface area contributed by atoms with Crippen LogP contribution in [0.1, 0.15) is 10.6 Å². The average Bonchev–Trinajstić information content (AvgIpc) is 3.00. The molecule has 2 amide bonds. The molecule has 2 rings (SSSR count). The molecule has 0 bridgehead atoms. The monoisotopic (exact) mass is 371 g/mol. The highest BCUT2D eigenvalue weighted by molar-refractivity contribution is 6.39. The summed E-state index contributed by atoms with van der Waals surface area (Å²) in [6.07, 6.45) is 0. The minimum Gasteiger partial charge on any atom is -0.395 e. The van der Waals surface area contributed by atoms with E-state index in [0.717, 1.165) is 11.0 Å². The number of rotatable bonds is 5. The summed E-state index contributed by atoms with van der Waals surface area (Å²) in [5.41, 5.74) is 0.236. The molecule has 8 nitrogen and oxygen atoms in total. The second-order valence-corrected chi connectivity index (χ2v) is 5.52. The molecule has 0 atom stereocenters. The molecule has 0 saturated carbocycles. The number of likely N-dealkylation sites (N-methyl/N-ethyl adjacent to an activating group) is 1. The Morgan fingerprint density at radius 1 is 1.25 bits per heavy atom. The van der Waals surface area contributed by atoms with E-state index in [1.807, 2.05) is 0 Å². The third kappa shape index (κ3) is 4.03. The summed E-state index contributed by atoms with van der Waals surface area (Å²) in [6.45, 7) is -0.325. The van der Waals surface area contributed by atoms with Crippen LogP contribution in [-0.4, -0.2) is 35.2 Å². The van der Waals surface area contributed by atoms with Gasteiger partial charge in [0.15, 0.2) is 5.76 Å². The maximum Gasteiger partial charge on any atom is 0.433 e. The van der Waals surface area contributed by atoms with Gasteiger partial charge >= 0.3 is 5.88 Å². The zero-order chi connectivity index (χ0) is 17.9. The van der Waals surface area contributed by atoms with Crippen molar-refractivity contribution in [3.63, 3.8) is 0 Å². The van der Waals surface area contributed by atoms with E-state index in [4.69, 9.17) is 27.6 Å². The molecule has 0 aliphatic heterocycles. The Bertz CT molecular complexity index is 785. The van der Waals surface area contributed by atoms with Crippen molar-refractivity contribution in [2.45, 2.75) is 0 Å². The van der Waals surface area contributed by atoms with Gasteiger partial charge < -0.3 is 14.6 Å². The van der Waals surface area contributed by atoms with Gasteiger partial charge in [-0.2, -0.15) is 0 Å². The fourth-order valence-electron chi connectivity index (χ4n) is 1.81. The first-order chi connectivity index (χ1) is 11.3. The number of anilines is 1. The molecule has 1 N–H and O–H groups in total. The third-order valence-corrected chi connectivity index (χ3v) is 3.57. The van der Waals surface area contributed by atoms with Crippen molar-refractivity contribution in [2.24, 2.45) is 0 Å². The van der Waals surface area contributed by atoms with E-state index in [9.17, 15) is 19.7 Å². The van der Waals surface area contributed by atoms with Crippen molar-refractivity contribution >= 4 is 46.6 Å². The van der Waals surface area contributed by atoms with E-state index >= 15 is 0 Å². The molecule has 1 heterocycles. The molecular weight excluding hydrogens is 361 g/mol. The van der Waals surface area contributed by atoms with Crippen LogP contribution >= 0.6 is 23.2 Å². The van der Waals surface area contributed by atoms with Crippen LogP contribution in [0, 0.1) is 10.1 Å². The lowest BCUT2D eigenvalue weighted by atomic mass is 10.3. The number of carbonyl (C=O) groups is 2. The summed E-state index contributed by atoms with van der Waals surface area (Å²) >= 11 is 11.9. The van der Waals surface area contributed by atoms with Gasteiger partial charge in [0.2, 0.25) is 5.91 Å². The number of nitrogens with zero attached hydrogens (tertiary/aromatic N) is 2. The zero-order valence-corrected chi connectivity index (χ0v) is 13.8. The van der Waals surface area contributed by atoms with Gasteiger partial charge in [-0.25, -0.2) is 0 Å². The predicted octanol–water partition coefficient (Wildman–Crippen LogP) is 3.21. The highest BCUT2D eigenvalue weighted by Crippen LogP contribution is 2.29. The number of halogens is 2. The van der Waals surface area contributed by atoms with Crippen molar-refractivity contribution < 1.29 is 18.9 Å². The fraction of sp³-hybridized carbons (Fsp3) is 0.143. The molecule has 2 aromatic rings. The van der Waals surface area contributed by atoms with E-state index in [2.05, 4.69) is 5.32 Å². The van der Waals surface area contributed by atoms with Crippen molar-refractivity contribution in [1.82, 2.24) is 4.90 Å². The van der Waals surface area contributed by atoms with E-state index in [1.165, 1.54) is 13.1 Å². The van der Waals surface area contributed by atoms with Crippen LogP contribution in [0.25, 0.3) is 0 Å². The van der Waals surface area contributed by atoms with Crippen molar-refractivity contribution in [3.05, 3.63) is 56.3 Å². The topological polar surface area (TPSA) is 106 Å². The normalized spacial score (nSPS) is 10.3. The first-order valence-corrected chi connectivity index (χ1v) is 7.28. The second-order valence-electron chi connectivity index (χ2n) is 4.70. The lowest BCUT2D eigenvalue weighted by Crippen LogP contribution is -2.34. The molecule has 0 aliphatic carbocycles. The van der Waals surface area contributed by atoms with Gasteiger partial charge in [0.25, 0.3) is 5.91 Å². The van der Waals surface area contributed by atoms with Gasteiger partial charge in [-0.05, 0) is 18.2 Å². The summed E-state index contributed by atoms with van der Waals surface area (Å²) in [4.78, 5) is 34.9. The molecule has 0 unspecified atom stereocenters. The van der Waals surface area contributed by atoms with Gasteiger partial charge in [0.1, 0.15) is 4.92 Å². The second kappa shape index (κ2) is 7.33. The highest BCUT2D eigenvalue weighted by Gasteiger charge is 2.22. The number of amides is 2. The van der Waals surface area contributed by atoms with Crippen LogP contribution in [0.4, 0.5) is 11.6 Å². The molecule has 126 valence electrons. The lowest BCUT2D eigenvalue weighted by molar-refractivity contribution is -0.402. The zero-order valence-electron chi connectivity index (χ0n) is 12.3. The number of benzene rings is 1. The van der Waals surface area contributed by atoms with E-state index < -0.39 is 22.6 Å². The van der Waals surface area contributed by atoms with Crippen molar-refractivity contribution in [1.29, 1.82) is 0 Å². The van der Waals surface area contributed by atoms with Crippen LogP contribution in [0.5, 0.6) is 0 Å². The molecule has 0 aliphatic rings. The van der Waals surface area contributed by atoms with Gasteiger partial charge in [-0.1, -0.05) is 29.3 Å². The average molecular weight is 372 g/mol. The SMILES string of the molecule is CN(CC(=O)Nc1c(Cl)cccc1Cl)C(=O)c1ccc([N+](=O)[O-])o1. The maximum atomic E-state index is 12.1. The van der Waals surface area contributed by atoms with Crippen LogP contribution in [-0.2, 0) is 4.79 Å². The van der Waals surface area contributed by atoms with Crippen LogP contribution in [0.3, 0.4) is 0 Å². The molecule has 0 saturated heterocycles. The van der Waals surface area contributed by atoms with Crippen molar-refractivity contribution in [2.75, 3.05) is 18.9 Å². The van der Waals surface area contributed by atoms with Gasteiger partial charge in [-0.15, -0.1) is 0 Å². The Kier molecular flexibility index (Phi) is 5.42. The smallest absolute Gasteiger partial charge is 0.395 e. The maximum absolute atomic E-state index is 12.1. The Balaban J connectivity index is 2.02. The van der Waals surface area contributed by atoms with E-state index in [0.29, 0.717) is 0 Å². The summed E-state index contributed by atoms with van der Waals surface area (Å²) in [5.74, 6) is -2.02. The summed E-state index contributed by atoms with van der Waals surface area (Å²) < 4.78 is 4.80. The number of nitrogens with one attached hydrogen (secondary N) is 1. The minimum atomic E-state index is -0.761. The number of carbonyl (C=O) groups excluding carboxylic acids is 2. The van der Waals surface area contributed by atoms with Crippen LogP contribution in [0.15, 0.2) is 34.7 Å². The number of hydrogen-bond acceptors (Lipinski definition) is 5. The van der Waals surface area contributed by atoms with E-state index in [1.54, 1.807) is 18.2 Å². The summed E-state index contributed by atoms with van der Waals surface area (Å²) in [5, 5.41) is 13.6. The molecule has 0 fully saturated rings. The van der Waals surface area contributed by atoms with Crippen molar-refractivity contribution in [3.8, 4) is 0 Å². The largest absolute Gasteiger partial charge is 0.433 e. The highest BCUT2D eigenvalue weighted by atomic mass is 35.5. The molecule has 1 aromatic heterocycles. The van der Waals surface area contributed by atoms with Gasteiger partial charge in [0, 0.05) is 7.05 Å². The number of hydrogen-bond donors (Lipinski definition) is 1. The standard InChI is InChI=1S/C14H11Cl2N3O5/c1-18(14(21)10-5-6-12(24-10)19(22)23)7-11(20)17-13-8(15)3-2-4-9(13)16/h2-6H,7H2,1H3,(H,17,20). The Morgan fingerprint density at radius 2 is 1.88 bits per heavy atom. The quantitative estimate of drug-likeness (QED) is 0.641. The summed E-state index contributed by atoms with van der Waals surface area (Å²) in [7, 11) is 1.35. The molecule has 24 heavy (non-hydrogen) atoms. The molecule has 0 spiro atoms. The first kappa shape index (κ1) is 17.8. The Labute approximate surface area is 146 Å². The number of furan rings is 1. The molecule has 10 heteroatoms. The third-order valence-electron chi connectivity index (χ3n) is 2.94.